The van der Waals surface area contributed by atoms with Crippen molar-refractivity contribution in [1.29, 1.82) is 0 Å². The Balaban J connectivity index is 0.00000326. The summed E-state index contributed by atoms with van der Waals surface area (Å²) in [6, 6.07) is 0. The third-order valence-electron chi connectivity index (χ3n) is 7.47. The van der Waals surface area contributed by atoms with Crippen LogP contribution >= 0.6 is 0 Å². The maximum absolute atomic E-state index is 12.9. The summed E-state index contributed by atoms with van der Waals surface area (Å²) in [5.41, 5.74) is -1.24. The van der Waals surface area contributed by atoms with Crippen LogP contribution in [-0.4, -0.2) is 93.4 Å². The molecule has 10 heteroatoms. The van der Waals surface area contributed by atoms with E-state index >= 15 is 0 Å². The summed E-state index contributed by atoms with van der Waals surface area (Å²) < 4.78 is 17.4. The quantitative estimate of drug-likeness (QED) is 0.322. The zero-order valence-corrected chi connectivity index (χ0v) is 25.0. The van der Waals surface area contributed by atoms with Crippen LogP contribution in [-0.2, 0) is 23.8 Å². The van der Waals surface area contributed by atoms with Crippen LogP contribution in [0.4, 0.5) is 0 Å². The first kappa shape index (κ1) is 36.9. The van der Waals surface area contributed by atoms with Gasteiger partial charge in [-0.15, -0.1) is 0 Å². The molecule has 38 heavy (non-hydrogen) atoms. The van der Waals surface area contributed by atoms with Gasteiger partial charge in [0.15, 0.2) is 6.29 Å². The van der Waals surface area contributed by atoms with Gasteiger partial charge in [-0.3, -0.25) is 9.59 Å². The molecule has 5 N–H and O–H groups in total. The van der Waals surface area contributed by atoms with Crippen LogP contribution in [0, 0.1) is 29.6 Å². The molecule has 0 amide bonds. The molecule has 2 fully saturated rings. The van der Waals surface area contributed by atoms with Crippen molar-refractivity contribution < 1.29 is 49.3 Å². The highest BCUT2D eigenvalue weighted by atomic mass is 16.7. The minimum atomic E-state index is -1.42. The highest BCUT2D eigenvalue weighted by Gasteiger charge is 2.42. The van der Waals surface area contributed by atoms with Gasteiger partial charge in [0.1, 0.15) is 18.5 Å². The summed E-state index contributed by atoms with van der Waals surface area (Å²) in [4.78, 5) is 25.7. The molecule has 12 atom stereocenters. The monoisotopic (exact) mass is 550 g/mol. The van der Waals surface area contributed by atoms with Crippen LogP contribution < -0.4 is 0 Å². The van der Waals surface area contributed by atoms with Crippen LogP contribution in [0.1, 0.15) is 81.6 Å². The molecule has 0 aromatic heterocycles. The molecule has 0 aromatic carbocycles. The van der Waals surface area contributed by atoms with E-state index in [9.17, 15) is 30.0 Å². The summed E-state index contributed by atoms with van der Waals surface area (Å²) in [5.74, 6) is -3.45. The van der Waals surface area contributed by atoms with Gasteiger partial charge in [-0.25, -0.2) is 0 Å². The summed E-state index contributed by atoms with van der Waals surface area (Å²) in [7, 11) is 1.00. The van der Waals surface area contributed by atoms with Crippen molar-refractivity contribution in [2.45, 2.75) is 124 Å². The number of ketones is 1. The maximum atomic E-state index is 12.9. The van der Waals surface area contributed by atoms with Gasteiger partial charge >= 0.3 is 5.97 Å². The van der Waals surface area contributed by atoms with Crippen LogP contribution in [0.25, 0.3) is 0 Å². The fraction of sp³-hybridized carbons (Fsp3) is 0.929. The second-order valence-electron chi connectivity index (χ2n) is 11.0. The van der Waals surface area contributed by atoms with Crippen molar-refractivity contribution in [3.05, 3.63) is 0 Å². The van der Waals surface area contributed by atoms with Gasteiger partial charge in [-0.1, -0.05) is 41.5 Å². The number of carbonyl (C=O) groups excluding carboxylic acids is 2. The van der Waals surface area contributed by atoms with Gasteiger partial charge in [-0.05, 0) is 45.4 Å². The first-order valence-corrected chi connectivity index (χ1v) is 13.9. The molecular formula is C28H54O10. The number of aliphatic hydroxyl groups excluding tert-OH is 4. The molecule has 6 unspecified atom stereocenters. The molecule has 0 aliphatic carbocycles. The van der Waals surface area contributed by atoms with Crippen molar-refractivity contribution in [3.63, 3.8) is 0 Å². The van der Waals surface area contributed by atoms with Crippen molar-refractivity contribution >= 4 is 11.8 Å². The lowest BCUT2D eigenvalue weighted by atomic mass is 9.78. The molecule has 0 bridgehead atoms. The van der Waals surface area contributed by atoms with E-state index in [4.69, 9.17) is 19.3 Å². The number of rotatable bonds is 2. The summed E-state index contributed by atoms with van der Waals surface area (Å²) in [6.45, 7) is 15.6. The Kier molecular flexibility index (Phi) is 16.3. The fourth-order valence-corrected chi connectivity index (χ4v) is 5.42. The second kappa shape index (κ2) is 16.8. The lowest BCUT2D eigenvalue weighted by Gasteiger charge is -2.41. The highest BCUT2D eigenvalue weighted by molar-refractivity contribution is 5.83. The van der Waals surface area contributed by atoms with E-state index in [0.717, 1.165) is 7.11 Å². The average Bonchev–Trinajstić information content (AvgIpc) is 2.87. The summed E-state index contributed by atoms with van der Waals surface area (Å²) in [6.07, 6.45) is -4.34. The molecule has 2 rings (SSSR count). The van der Waals surface area contributed by atoms with E-state index < -0.39 is 72.7 Å². The van der Waals surface area contributed by atoms with Gasteiger partial charge in [0.25, 0.3) is 0 Å². The molecule has 226 valence electrons. The number of Topliss-reactive ketones (excluding diaryl/α,β-unsaturated/α-hetero) is 1. The Bertz CT molecular complexity index is 687. The Morgan fingerprint density at radius 1 is 0.868 bits per heavy atom. The first-order chi connectivity index (χ1) is 17.6. The van der Waals surface area contributed by atoms with Crippen LogP contribution in [0.2, 0.25) is 0 Å². The third kappa shape index (κ3) is 10.4. The lowest BCUT2D eigenvalue weighted by molar-refractivity contribution is -0.261. The topological polar surface area (TPSA) is 163 Å². The van der Waals surface area contributed by atoms with E-state index in [2.05, 4.69) is 0 Å². The smallest absolute Gasteiger partial charge is 0.311 e. The fourth-order valence-electron chi connectivity index (χ4n) is 5.42. The summed E-state index contributed by atoms with van der Waals surface area (Å²) >= 11 is 0. The lowest BCUT2D eigenvalue weighted by Crippen LogP contribution is -2.48. The number of cyclic esters (lactones) is 1. The molecule has 0 radical (unpaired) electrons. The van der Waals surface area contributed by atoms with Crippen molar-refractivity contribution in [3.8, 4) is 0 Å². The van der Waals surface area contributed by atoms with E-state index in [0.29, 0.717) is 6.42 Å². The Morgan fingerprint density at radius 3 is 1.95 bits per heavy atom. The Morgan fingerprint density at radius 2 is 1.42 bits per heavy atom. The van der Waals surface area contributed by atoms with Crippen LogP contribution in [0.15, 0.2) is 0 Å². The normalized spacial score (nSPS) is 43.4. The molecule has 2 saturated heterocycles. The van der Waals surface area contributed by atoms with Crippen LogP contribution in [0.3, 0.4) is 0 Å². The molecule has 2 aliphatic heterocycles. The van der Waals surface area contributed by atoms with E-state index in [1.54, 1.807) is 27.7 Å². The van der Waals surface area contributed by atoms with E-state index in [1.807, 2.05) is 27.7 Å². The minimum absolute atomic E-state index is 0.0570. The zero-order chi connectivity index (χ0) is 30.0. The van der Waals surface area contributed by atoms with Crippen molar-refractivity contribution in [1.82, 2.24) is 0 Å². The number of ether oxygens (including phenoxy) is 3. The average molecular weight is 551 g/mol. The molecule has 0 saturated carbocycles. The predicted octanol–water partition coefficient (Wildman–Crippen LogP) is 2.06. The largest absolute Gasteiger partial charge is 0.463 e. The predicted molar refractivity (Wildman–Crippen MR) is 143 cm³/mol. The van der Waals surface area contributed by atoms with Gasteiger partial charge in [-0.2, -0.15) is 0 Å². The van der Waals surface area contributed by atoms with E-state index in [1.165, 1.54) is 6.92 Å². The van der Waals surface area contributed by atoms with Gasteiger partial charge in [0, 0.05) is 25.4 Å². The zero-order valence-electron chi connectivity index (χ0n) is 25.0. The minimum Gasteiger partial charge on any atom is -0.463 e. The maximum Gasteiger partial charge on any atom is 0.311 e. The van der Waals surface area contributed by atoms with Crippen LogP contribution in [0.5, 0.6) is 0 Å². The molecule has 2 aliphatic rings. The van der Waals surface area contributed by atoms with Crippen molar-refractivity contribution in [2.75, 3.05) is 13.7 Å². The first-order valence-electron chi connectivity index (χ1n) is 13.9. The Hall–Kier alpha value is -1.14. The number of hydrogen-bond acceptors (Lipinski definition) is 10. The van der Waals surface area contributed by atoms with Crippen molar-refractivity contribution in [2.24, 2.45) is 29.6 Å². The standard InChI is InChI=1S/C25H44O9.C2H6.CH4O/c1-12-8-19(33-17(6)21(12)28)34-23-14(3)10-25(7,31)9-13(2)20(27)15(4)22(29)18(26)11-32-24(30)16(23)5;2*1-2/h12-19,21-23,26,28-29,31H,8-11H2,1-7H3;1-2H3;2H,1H3/t12?,13-,14-,15?,16?,17?,18?,19+,21-,22?,23+,25-;;/m1../s1. The number of esters is 1. The number of carbonyl (C=O) groups is 2. The van der Waals surface area contributed by atoms with Gasteiger partial charge < -0.3 is 39.7 Å². The number of hydrogen-bond donors (Lipinski definition) is 5. The second-order valence-corrected chi connectivity index (χ2v) is 11.0. The number of aliphatic hydroxyl groups is 5. The molecule has 0 aromatic rings. The van der Waals surface area contributed by atoms with Gasteiger partial charge in [0.2, 0.25) is 0 Å². The Labute approximate surface area is 228 Å². The molecule has 2 heterocycles. The van der Waals surface area contributed by atoms with Gasteiger partial charge in [0.05, 0.1) is 35.9 Å². The van der Waals surface area contributed by atoms with E-state index in [-0.39, 0.29) is 30.5 Å². The summed E-state index contributed by atoms with van der Waals surface area (Å²) in [5, 5.41) is 49.1. The third-order valence-corrected chi connectivity index (χ3v) is 7.47. The molecular weight excluding hydrogens is 496 g/mol. The molecule has 10 nitrogen and oxygen atoms in total. The SMILES string of the molecule is CC.CC1C(=O)[C@H](C)C[C@@](C)(O)C[C@@H](C)[C@H](O[C@H]2CC(C)[C@@H](O)C(C)O2)C(C)C(=O)OCC(O)C1O.CO. The molecule has 0 spiro atoms. The highest BCUT2D eigenvalue weighted by Crippen LogP contribution is 2.34.